The van der Waals surface area contributed by atoms with Crippen molar-refractivity contribution in [3.05, 3.63) is 77.6 Å². The van der Waals surface area contributed by atoms with Crippen LogP contribution in [0.5, 0.6) is 11.5 Å². The normalized spacial score (nSPS) is 11.5. The third-order valence-corrected chi connectivity index (χ3v) is 4.59. The molecule has 32 heavy (non-hydrogen) atoms. The van der Waals surface area contributed by atoms with Gasteiger partial charge in [0.05, 0.1) is 13.2 Å². The molecule has 0 saturated heterocycles. The van der Waals surface area contributed by atoms with Gasteiger partial charge in [0.15, 0.2) is 17.5 Å². The molecule has 0 atom stereocenters. The number of halogens is 2. The molecule has 0 unspecified atom stereocenters. The topological polar surface area (TPSA) is 72.7 Å². The summed E-state index contributed by atoms with van der Waals surface area (Å²) in [4.78, 5) is 4.21. The number of benzene rings is 2. The molecular weight excluding hydrogens is 416 g/mol. The molecule has 0 aliphatic heterocycles. The highest BCUT2D eigenvalue weighted by Crippen LogP contribution is 2.32. The summed E-state index contributed by atoms with van der Waals surface area (Å²) in [6, 6.07) is 15.1. The molecule has 7 nitrogen and oxygen atoms in total. The van der Waals surface area contributed by atoms with Gasteiger partial charge in [-0.1, -0.05) is 36.4 Å². The lowest BCUT2D eigenvalue weighted by Gasteiger charge is -2.17. The molecule has 0 radical (unpaired) electrons. The molecule has 3 rings (SSSR count). The predicted molar refractivity (Wildman–Crippen MR) is 119 cm³/mol. The zero-order chi connectivity index (χ0) is 22.8. The smallest absolute Gasteiger partial charge is 0.387 e. The van der Waals surface area contributed by atoms with Crippen LogP contribution < -0.4 is 20.1 Å². The van der Waals surface area contributed by atoms with E-state index >= 15 is 0 Å². The Morgan fingerprint density at radius 2 is 1.88 bits per heavy atom. The Morgan fingerprint density at radius 3 is 2.59 bits per heavy atom. The van der Waals surface area contributed by atoms with Gasteiger partial charge in [-0.15, -0.1) is 0 Å². The van der Waals surface area contributed by atoms with Crippen molar-refractivity contribution in [2.45, 2.75) is 33.2 Å². The number of ether oxygens (including phenoxy) is 2. The molecule has 2 N–H and O–H groups in total. The monoisotopic (exact) mass is 443 g/mol. The quantitative estimate of drug-likeness (QED) is 0.368. The maximum atomic E-state index is 12.9. The van der Waals surface area contributed by atoms with E-state index in [2.05, 4.69) is 26.8 Å². The highest BCUT2D eigenvalue weighted by atomic mass is 19.3. The van der Waals surface area contributed by atoms with E-state index in [1.165, 1.54) is 0 Å². The molecule has 0 saturated carbocycles. The van der Waals surface area contributed by atoms with E-state index in [1.54, 1.807) is 38.4 Å². The minimum atomic E-state index is -2.94. The maximum Gasteiger partial charge on any atom is 0.387 e. The van der Waals surface area contributed by atoms with Crippen LogP contribution in [0.25, 0.3) is 0 Å². The Kier molecular flexibility index (Phi) is 8.42. The van der Waals surface area contributed by atoms with Crippen molar-refractivity contribution in [1.29, 1.82) is 0 Å². The molecule has 0 amide bonds. The first-order valence-corrected chi connectivity index (χ1v) is 10.3. The van der Waals surface area contributed by atoms with Gasteiger partial charge in [-0.05, 0) is 30.2 Å². The first-order valence-electron chi connectivity index (χ1n) is 10.3. The fourth-order valence-corrected chi connectivity index (χ4v) is 3.20. The van der Waals surface area contributed by atoms with Gasteiger partial charge in [-0.2, -0.15) is 13.9 Å². The summed E-state index contributed by atoms with van der Waals surface area (Å²) >= 11 is 0. The molecular formula is C23H27F2N5O2. The molecule has 0 aliphatic carbocycles. The zero-order valence-corrected chi connectivity index (χ0v) is 18.1. The number of para-hydroxylation sites is 1. The molecule has 1 heterocycles. The van der Waals surface area contributed by atoms with Crippen molar-refractivity contribution < 1.29 is 18.3 Å². The lowest BCUT2D eigenvalue weighted by molar-refractivity contribution is -0.0520. The van der Waals surface area contributed by atoms with Gasteiger partial charge in [-0.25, -0.2) is 0 Å². The molecule has 0 fully saturated rings. The minimum Gasteiger partial charge on any atom is -0.490 e. The molecule has 0 bridgehead atoms. The van der Waals surface area contributed by atoms with Crippen LogP contribution in [0.15, 0.2) is 65.9 Å². The second-order valence-electron chi connectivity index (χ2n) is 6.86. The number of hydrogen-bond donors (Lipinski definition) is 2. The molecule has 9 heteroatoms. The third-order valence-electron chi connectivity index (χ3n) is 4.59. The maximum absolute atomic E-state index is 12.9. The first kappa shape index (κ1) is 23.1. The molecule has 2 aromatic carbocycles. The number of hydrogen-bond acceptors (Lipinski definition) is 4. The van der Waals surface area contributed by atoms with Crippen LogP contribution in [0.4, 0.5) is 8.78 Å². The van der Waals surface area contributed by atoms with Gasteiger partial charge in [-0.3, -0.25) is 9.67 Å². The van der Waals surface area contributed by atoms with Crippen LogP contribution in [-0.4, -0.2) is 36.0 Å². The number of aromatic nitrogens is 2. The summed E-state index contributed by atoms with van der Waals surface area (Å²) < 4.78 is 37.8. The van der Waals surface area contributed by atoms with Gasteiger partial charge in [0.1, 0.15) is 0 Å². The Balaban J connectivity index is 1.60. The molecule has 0 aliphatic rings. The van der Waals surface area contributed by atoms with E-state index in [-0.39, 0.29) is 18.0 Å². The van der Waals surface area contributed by atoms with Gasteiger partial charge in [0.2, 0.25) is 0 Å². The molecule has 3 aromatic rings. The summed E-state index contributed by atoms with van der Waals surface area (Å²) in [5.41, 5.74) is 2.76. The van der Waals surface area contributed by atoms with E-state index in [0.717, 1.165) is 11.1 Å². The number of nitrogens with one attached hydrogen (secondary N) is 2. The number of rotatable bonds is 10. The van der Waals surface area contributed by atoms with E-state index < -0.39 is 6.61 Å². The number of alkyl halides is 2. The highest BCUT2D eigenvalue weighted by Gasteiger charge is 2.16. The van der Waals surface area contributed by atoms with Crippen molar-refractivity contribution in [1.82, 2.24) is 20.4 Å². The van der Waals surface area contributed by atoms with Crippen molar-refractivity contribution >= 4 is 5.96 Å². The lowest BCUT2D eigenvalue weighted by atomic mass is 10.1. The number of aliphatic imine (C=N–C) groups is 1. The van der Waals surface area contributed by atoms with Crippen LogP contribution in [0.3, 0.4) is 0 Å². The Labute approximate surface area is 186 Å². The van der Waals surface area contributed by atoms with Gasteiger partial charge >= 0.3 is 6.61 Å². The summed E-state index contributed by atoms with van der Waals surface area (Å²) in [7, 11) is 1.65. The third kappa shape index (κ3) is 6.69. The second-order valence-corrected chi connectivity index (χ2v) is 6.86. The van der Waals surface area contributed by atoms with Gasteiger partial charge in [0.25, 0.3) is 0 Å². The number of nitrogens with zero attached hydrogens (tertiary/aromatic N) is 3. The summed E-state index contributed by atoms with van der Waals surface area (Å²) in [6.07, 6.45) is 3.67. The van der Waals surface area contributed by atoms with Crippen molar-refractivity contribution in [3.8, 4) is 11.5 Å². The SMILES string of the molecule is CCOc1cccc(CNC(=NC)NCc2cccc(Cn3cccn3)c2)c1OC(F)F. The molecule has 0 spiro atoms. The zero-order valence-electron chi connectivity index (χ0n) is 18.1. The molecule has 170 valence electrons. The van der Waals surface area contributed by atoms with E-state index in [9.17, 15) is 8.78 Å². The standard InChI is InChI=1S/C23H27F2N5O2/c1-3-31-20-10-5-9-19(21(20)32-22(24)25)15-28-23(26-2)27-14-17-7-4-8-18(13-17)16-30-12-6-11-29-30/h4-13,22H,3,14-16H2,1-2H3,(H2,26,27,28). The van der Waals surface area contributed by atoms with E-state index in [4.69, 9.17) is 9.47 Å². The Morgan fingerprint density at radius 1 is 1.09 bits per heavy atom. The average Bonchev–Trinajstić information content (AvgIpc) is 3.29. The van der Waals surface area contributed by atoms with Crippen molar-refractivity contribution in [3.63, 3.8) is 0 Å². The van der Waals surface area contributed by atoms with Crippen molar-refractivity contribution in [2.24, 2.45) is 4.99 Å². The largest absolute Gasteiger partial charge is 0.490 e. The average molecular weight is 443 g/mol. The van der Waals surface area contributed by atoms with Crippen LogP contribution >= 0.6 is 0 Å². The highest BCUT2D eigenvalue weighted by molar-refractivity contribution is 5.79. The Hall–Kier alpha value is -3.62. The predicted octanol–water partition coefficient (Wildman–Crippen LogP) is 3.80. The Bertz CT molecular complexity index is 1010. The van der Waals surface area contributed by atoms with Crippen molar-refractivity contribution in [2.75, 3.05) is 13.7 Å². The van der Waals surface area contributed by atoms with E-state index in [0.29, 0.717) is 31.2 Å². The molecule has 1 aromatic heterocycles. The van der Waals surface area contributed by atoms with Gasteiger partial charge in [0, 0.05) is 38.1 Å². The first-order chi connectivity index (χ1) is 15.6. The van der Waals surface area contributed by atoms with Crippen LogP contribution in [0.2, 0.25) is 0 Å². The second kappa shape index (κ2) is 11.7. The van der Waals surface area contributed by atoms with Crippen LogP contribution in [0, 0.1) is 0 Å². The summed E-state index contributed by atoms with van der Waals surface area (Å²) in [5, 5.41) is 10.6. The fourth-order valence-electron chi connectivity index (χ4n) is 3.20. The number of guanidine groups is 1. The summed E-state index contributed by atoms with van der Waals surface area (Å²) in [5.74, 6) is 0.843. The van der Waals surface area contributed by atoms with Gasteiger partial charge < -0.3 is 20.1 Å². The van der Waals surface area contributed by atoms with E-state index in [1.807, 2.05) is 35.1 Å². The summed E-state index contributed by atoms with van der Waals surface area (Å²) in [6.45, 7) is 0.665. The van der Waals surface area contributed by atoms with Crippen LogP contribution in [0.1, 0.15) is 23.6 Å². The van der Waals surface area contributed by atoms with Crippen LogP contribution in [-0.2, 0) is 19.6 Å². The lowest BCUT2D eigenvalue weighted by Crippen LogP contribution is -2.36. The minimum absolute atomic E-state index is 0.0265. The fraction of sp³-hybridized carbons (Fsp3) is 0.304.